The van der Waals surface area contributed by atoms with Gasteiger partial charge in [0, 0.05) is 11.2 Å². The van der Waals surface area contributed by atoms with Crippen LogP contribution in [-0.4, -0.2) is 14.0 Å². The highest BCUT2D eigenvalue weighted by Crippen LogP contribution is 2.24. The summed E-state index contributed by atoms with van der Waals surface area (Å²) in [6.07, 6.45) is 1.05. The number of halogens is 2. The van der Waals surface area contributed by atoms with E-state index in [2.05, 4.69) is 4.72 Å². The maximum Gasteiger partial charge on any atom is 0.244 e. The summed E-state index contributed by atoms with van der Waals surface area (Å²) in [4.78, 5) is -0.766. The lowest BCUT2D eigenvalue weighted by molar-refractivity contribution is 0.386. The average Bonchev–Trinajstić information content (AvgIpc) is 2.32. The van der Waals surface area contributed by atoms with Crippen molar-refractivity contribution in [3.63, 3.8) is 0 Å². The minimum atomic E-state index is -4.16. The number of nitrogens with two attached hydrogens (primary N) is 1. The molecule has 7 heteroatoms. The Morgan fingerprint density at radius 3 is 2.26 bits per heavy atom. The van der Waals surface area contributed by atoms with E-state index in [1.165, 1.54) is 0 Å². The number of nitrogen functional groups attached to an aromatic ring is 1. The molecule has 0 aromatic heterocycles. The number of hydrogen-bond acceptors (Lipinski definition) is 3. The van der Waals surface area contributed by atoms with E-state index in [9.17, 15) is 17.2 Å². The predicted octanol–water partition coefficient (Wildman–Crippen LogP) is 2.40. The molecular formula is C12H18F2N2O2S. The van der Waals surface area contributed by atoms with Crippen LogP contribution in [0.5, 0.6) is 0 Å². The van der Waals surface area contributed by atoms with Gasteiger partial charge in [0.15, 0.2) is 11.6 Å². The highest BCUT2D eigenvalue weighted by atomic mass is 32.2. The van der Waals surface area contributed by atoms with Gasteiger partial charge < -0.3 is 5.73 Å². The van der Waals surface area contributed by atoms with Gasteiger partial charge in [-0.25, -0.2) is 21.9 Å². The molecule has 0 saturated carbocycles. The first-order chi connectivity index (χ1) is 8.65. The van der Waals surface area contributed by atoms with E-state index in [0.29, 0.717) is 12.8 Å². The van der Waals surface area contributed by atoms with Crippen LogP contribution < -0.4 is 10.5 Å². The molecule has 0 atom stereocenters. The van der Waals surface area contributed by atoms with Crippen LogP contribution in [-0.2, 0) is 10.0 Å². The quantitative estimate of drug-likeness (QED) is 0.819. The Hall–Kier alpha value is -1.21. The minimum Gasteiger partial charge on any atom is -0.399 e. The van der Waals surface area contributed by atoms with Crippen LogP contribution in [0.4, 0.5) is 14.5 Å². The Morgan fingerprint density at radius 2 is 1.79 bits per heavy atom. The highest BCUT2D eigenvalue weighted by molar-refractivity contribution is 7.89. The second kappa shape index (κ2) is 5.42. The molecule has 0 saturated heterocycles. The van der Waals surface area contributed by atoms with Crippen LogP contribution in [0.2, 0.25) is 0 Å². The minimum absolute atomic E-state index is 0.144. The molecule has 1 rings (SSSR count). The summed E-state index contributed by atoms with van der Waals surface area (Å²) >= 11 is 0. The molecule has 0 bridgehead atoms. The molecule has 0 spiro atoms. The van der Waals surface area contributed by atoms with E-state index in [-0.39, 0.29) is 5.69 Å². The molecule has 108 valence electrons. The smallest absolute Gasteiger partial charge is 0.244 e. The molecule has 0 amide bonds. The van der Waals surface area contributed by atoms with Gasteiger partial charge in [0.25, 0.3) is 0 Å². The van der Waals surface area contributed by atoms with E-state index in [4.69, 9.17) is 5.73 Å². The maximum atomic E-state index is 13.6. The molecule has 0 aliphatic rings. The SMILES string of the molecule is CCC(C)(CC)NS(=O)(=O)c1cc(N)cc(F)c1F. The lowest BCUT2D eigenvalue weighted by Crippen LogP contribution is -2.45. The third-order valence-corrected chi connectivity index (χ3v) is 4.89. The Balaban J connectivity index is 3.29. The molecule has 19 heavy (non-hydrogen) atoms. The first-order valence-corrected chi connectivity index (χ1v) is 7.42. The van der Waals surface area contributed by atoms with Crippen LogP contribution in [0.1, 0.15) is 33.6 Å². The van der Waals surface area contributed by atoms with Gasteiger partial charge in [-0.05, 0) is 31.9 Å². The zero-order valence-electron chi connectivity index (χ0n) is 11.1. The summed E-state index contributed by atoms with van der Waals surface area (Å²) in [5.74, 6) is -2.70. The molecule has 4 nitrogen and oxygen atoms in total. The summed E-state index contributed by atoms with van der Waals surface area (Å²) in [7, 11) is -4.16. The van der Waals surface area contributed by atoms with Gasteiger partial charge in [-0.3, -0.25) is 0 Å². The lowest BCUT2D eigenvalue weighted by atomic mass is 9.98. The average molecular weight is 292 g/mol. The fourth-order valence-corrected chi connectivity index (χ4v) is 3.23. The van der Waals surface area contributed by atoms with Gasteiger partial charge in [-0.1, -0.05) is 13.8 Å². The fourth-order valence-electron chi connectivity index (χ4n) is 1.55. The first-order valence-electron chi connectivity index (χ1n) is 5.93. The van der Waals surface area contributed by atoms with Gasteiger partial charge in [-0.15, -0.1) is 0 Å². The third-order valence-electron chi connectivity index (χ3n) is 3.25. The summed E-state index contributed by atoms with van der Waals surface area (Å²) in [5, 5.41) is 0. The number of benzene rings is 1. The highest BCUT2D eigenvalue weighted by Gasteiger charge is 2.30. The van der Waals surface area contributed by atoms with Crippen molar-refractivity contribution in [3.8, 4) is 0 Å². The van der Waals surface area contributed by atoms with Crippen molar-refractivity contribution in [1.29, 1.82) is 0 Å². The molecule has 0 radical (unpaired) electrons. The molecule has 1 aromatic carbocycles. The summed E-state index contributed by atoms with van der Waals surface area (Å²) < 4.78 is 53.5. The topological polar surface area (TPSA) is 72.2 Å². The number of hydrogen-bond donors (Lipinski definition) is 2. The molecule has 0 heterocycles. The molecular weight excluding hydrogens is 274 g/mol. The summed E-state index contributed by atoms with van der Waals surface area (Å²) in [6, 6.07) is 1.65. The first kappa shape index (κ1) is 15.8. The normalized spacial score (nSPS) is 12.7. The molecule has 0 fully saturated rings. The van der Waals surface area contributed by atoms with Crippen molar-refractivity contribution in [2.75, 3.05) is 5.73 Å². The van der Waals surface area contributed by atoms with Crippen molar-refractivity contribution in [1.82, 2.24) is 4.72 Å². The number of sulfonamides is 1. The zero-order valence-corrected chi connectivity index (χ0v) is 11.9. The van der Waals surface area contributed by atoms with Gasteiger partial charge in [0.05, 0.1) is 0 Å². The van der Waals surface area contributed by atoms with Crippen LogP contribution in [0.15, 0.2) is 17.0 Å². The van der Waals surface area contributed by atoms with Crippen LogP contribution in [0.25, 0.3) is 0 Å². The Labute approximate surface area is 112 Å². The second-order valence-corrected chi connectivity index (χ2v) is 6.34. The summed E-state index contributed by atoms with van der Waals surface area (Å²) in [5.41, 5.74) is 4.49. The Kier molecular flexibility index (Phi) is 4.52. The predicted molar refractivity (Wildman–Crippen MR) is 70.1 cm³/mol. The van der Waals surface area contributed by atoms with Crippen molar-refractivity contribution in [2.24, 2.45) is 0 Å². The van der Waals surface area contributed by atoms with E-state index in [0.717, 1.165) is 12.1 Å². The summed E-state index contributed by atoms with van der Waals surface area (Å²) in [6.45, 7) is 5.32. The molecule has 0 unspecified atom stereocenters. The van der Waals surface area contributed by atoms with Crippen LogP contribution in [0.3, 0.4) is 0 Å². The van der Waals surface area contributed by atoms with Gasteiger partial charge in [0.1, 0.15) is 4.90 Å². The van der Waals surface area contributed by atoms with Gasteiger partial charge in [-0.2, -0.15) is 0 Å². The van der Waals surface area contributed by atoms with Crippen LogP contribution >= 0.6 is 0 Å². The number of nitrogens with one attached hydrogen (secondary N) is 1. The van der Waals surface area contributed by atoms with Crippen LogP contribution in [0, 0.1) is 11.6 Å². The standard InChI is InChI=1S/C12H18F2N2O2S/c1-4-12(3,5-2)16-19(17,18)10-7-8(15)6-9(13)11(10)14/h6-7,16H,4-5,15H2,1-3H3. The van der Waals surface area contributed by atoms with Gasteiger partial charge >= 0.3 is 0 Å². The van der Waals surface area contributed by atoms with Crippen molar-refractivity contribution in [2.45, 2.75) is 44.0 Å². The van der Waals surface area contributed by atoms with Crippen molar-refractivity contribution in [3.05, 3.63) is 23.8 Å². The third kappa shape index (κ3) is 3.42. The van der Waals surface area contributed by atoms with Crippen molar-refractivity contribution >= 4 is 15.7 Å². The lowest BCUT2D eigenvalue weighted by Gasteiger charge is -2.27. The van der Waals surface area contributed by atoms with E-state index >= 15 is 0 Å². The Bertz CT molecular complexity index is 569. The molecule has 1 aromatic rings. The Morgan fingerprint density at radius 1 is 1.26 bits per heavy atom. The van der Waals surface area contributed by atoms with E-state index < -0.39 is 32.1 Å². The largest absolute Gasteiger partial charge is 0.399 e. The zero-order chi connectivity index (χ0) is 14.8. The molecule has 0 aliphatic heterocycles. The van der Waals surface area contributed by atoms with E-state index in [1.807, 2.05) is 13.8 Å². The van der Waals surface area contributed by atoms with Crippen molar-refractivity contribution < 1.29 is 17.2 Å². The van der Waals surface area contributed by atoms with E-state index in [1.54, 1.807) is 6.92 Å². The second-order valence-electron chi connectivity index (χ2n) is 4.69. The fraction of sp³-hybridized carbons (Fsp3) is 0.500. The molecule has 0 aliphatic carbocycles. The maximum absolute atomic E-state index is 13.6. The van der Waals surface area contributed by atoms with Gasteiger partial charge in [0.2, 0.25) is 10.0 Å². The number of rotatable bonds is 5. The monoisotopic (exact) mass is 292 g/mol. The molecule has 3 N–H and O–H groups in total. The number of anilines is 1.